The van der Waals surface area contributed by atoms with E-state index in [4.69, 9.17) is 16.3 Å². The first kappa shape index (κ1) is 17.4. The van der Waals surface area contributed by atoms with Gasteiger partial charge in [0.2, 0.25) is 0 Å². The summed E-state index contributed by atoms with van der Waals surface area (Å²) in [6.45, 7) is 1.84. The highest BCUT2D eigenvalue weighted by atomic mass is 35.5. The molecule has 0 bridgehead atoms. The lowest BCUT2D eigenvalue weighted by molar-refractivity contribution is -0.135. The number of nitrogens with one attached hydrogen (secondary N) is 1. The molecule has 1 unspecified atom stereocenters. The third-order valence-corrected chi connectivity index (χ3v) is 4.85. The van der Waals surface area contributed by atoms with E-state index in [1.807, 2.05) is 24.3 Å². The summed E-state index contributed by atoms with van der Waals surface area (Å²) in [7, 11) is 0. The number of benzene rings is 2. The Labute approximate surface area is 146 Å². The molecule has 1 aliphatic rings. The van der Waals surface area contributed by atoms with Gasteiger partial charge in [-0.3, -0.25) is 0 Å². The molecule has 2 N–H and O–H groups in total. The largest absolute Gasteiger partial charge is 0.396 e. The van der Waals surface area contributed by atoms with Gasteiger partial charge in [-0.15, -0.1) is 0 Å². The maximum Gasteiger partial charge on any atom is 0.123 e. The van der Waals surface area contributed by atoms with E-state index < -0.39 is 0 Å². The third-order valence-electron chi connectivity index (χ3n) is 4.51. The van der Waals surface area contributed by atoms with Crippen LogP contribution in [-0.2, 0) is 11.2 Å². The van der Waals surface area contributed by atoms with Gasteiger partial charge < -0.3 is 15.2 Å². The highest BCUT2D eigenvalue weighted by molar-refractivity contribution is 6.31. The van der Waals surface area contributed by atoms with Crippen LogP contribution in [0.1, 0.15) is 17.2 Å². The zero-order valence-corrected chi connectivity index (χ0v) is 14.1. The van der Waals surface area contributed by atoms with Crippen LogP contribution in [0.15, 0.2) is 48.5 Å². The van der Waals surface area contributed by atoms with Crippen LogP contribution in [0.2, 0.25) is 5.02 Å². The normalized spacial score (nSPS) is 17.3. The Morgan fingerprint density at radius 1 is 1.17 bits per heavy atom. The second-order valence-corrected chi connectivity index (χ2v) is 6.84. The second-order valence-electron chi connectivity index (χ2n) is 6.44. The summed E-state index contributed by atoms with van der Waals surface area (Å²) in [5.74, 6) is -0.244. The van der Waals surface area contributed by atoms with Crippen molar-refractivity contribution < 1.29 is 14.2 Å². The van der Waals surface area contributed by atoms with E-state index in [1.165, 1.54) is 12.1 Å². The van der Waals surface area contributed by atoms with Crippen molar-refractivity contribution >= 4 is 11.6 Å². The Kier molecular flexibility index (Phi) is 5.51. The number of hydrogen-bond acceptors (Lipinski definition) is 3. The standard InChI is InChI=1S/C19H21ClFNO2/c20-17-4-2-1-3-16(17)18(9-14-5-7-15(21)8-6-14)22-10-19(11-23)12-24-13-19/h1-8,18,22-23H,9-13H2. The Morgan fingerprint density at radius 2 is 1.88 bits per heavy atom. The van der Waals surface area contributed by atoms with Gasteiger partial charge in [0.1, 0.15) is 5.82 Å². The van der Waals surface area contributed by atoms with Gasteiger partial charge in [0.25, 0.3) is 0 Å². The van der Waals surface area contributed by atoms with E-state index >= 15 is 0 Å². The van der Waals surface area contributed by atoms with Crippen molar-refractivity contribution in [2.45, 2.75) is 12.5 Å². The highest BCUT2D eigenvalue weighted by Gasteiger charge is 2.38. The van der Waals surface area contributed by atoms with Crippen LogP contribution in [0.4, 0.5) is 4.39 Å². The predicted molar refractivity (Wildman–Crippen MR) is 92.6 cm³/mol. The molecule has 1 heterocycles. The summed E-state index contributed by atoms with van der Waals surface area (Å²) in [4.78, 5) is 0. The molecule has 24 heavy (non-hydrogen) atoms. The summed E-state index contributed by atoms with van der Waals surface area (Å²) in [5.41, 5.74) is 1.80. The van der Waals surface area contributed by atoms with Gasteiger partial charge in [-0.25, -0.2) is 4.39 Å². The Bertz CT molecular complexity index is 668. The van der Waals surface area contributed by atoms with Crippen molar-refractivity contribution in [2.24, 2.45) is 5.41 Å². The van der Waals surface area contributed by atoms with Crippen LogP contribution in [0, 0.1) is 11.2 Å². The molecule has 1 saturated heterocycles. The quantitative estimate of drug-likeness (QED) is 0.805. The average molecular weight is 350 g/mol. The fourth-order valence-corrected chi connectivity index (χ4v) is 3.15. The molecule has 128 valence electrons. The minimum atomic E-state index is -0.244. The van der Waals surface area contributed by atoms with Gasteiger partial charge in [0.15, 0.2) is 0 Å². The molecule has 0 spiro atoms. The second kappa shape index (κ2) is 7.62. The molecule has 3 nitrogen and oxygen atoms in total. The van der Waals surface area contributed by atoms with Crippen LogP contribution in [-0.4, -0.2) is 31.5 Å². The lowest BCUT2D eigenvalue weighted by Crippen LogP contribution is -2.52. The van der Waals surface area contributed by atoms with Gasteiger partial charge in [-0.2, -0.15) is 0 Å². The zero-order valence-electron chi connectivity index (χ0n) is 13.3. The molecular weight excluding hydrogens is 329 g/mol. The maximum absolute atomic E-state index is 13.1. The van der Waals surface area contributed by atoms with Gasteiger partial charge in [-0.05, 0) is 35.7 Å². The van der Waals surface area contributed by atoms with Crippen LogP contribution >= 0.6 is 11.6 Å². The van der Waals surface area contributed by atoms with E-state index in [9.17, 15) is 9.50 Å². The monoisotopic (exact) mass is 349 g/mol. The first-order valence-corrected chi connectivity index (χ1v) is 8.41. The van der Waals surface area contributed by atoms with Crippen LogP contribution in [0.25, 0.3) is 0 Å². The molecule has 0 aliphatic carbocycles. The molecule has 1 aliphatic heterocycles. The lowest BCUT2D eigenvalue weighted by atomic mass is 9.86. The van der Waals surface area contributed by atoms with Crippen molar-refractivity contribution in [3.8, 4) is 0 Å². The molecule has 5 heteroatoms. The molecular formula is C19H21ClFNO2. The van der Waals surface area contributed by atoms with Crippen LogP contribution in [0.3, 0.4) is 0 Å². The number of halogens is 2. The topological polar surface area (TPSA) is 41.5 Å². The minimum absolute atomic E-state index is 0.0202. The van der Waals surface area contributed by atoms with E-state index in [0.29, 0.717) is 31.2 Å². The Hall–Kier alpha value is -1.46. The average Bonchev–Trinajstić information content (AvgIpc) is 2.56. The number of rotatable bonds is 7. The van der Waals surface area contributed by atoms with Gasteiger partial charge in [0, 0.05) is 17.6 Å². The van der Waals surface area contributed by atoms with E-state index in [1.54, 1.807) is 12.1 Å². The minimum Gasteiger partial charge on any atom is -0.396 e. The molecule has 0 radical (unpaired) electrons. The maximum atomic E-state index is 13.1. The van der Waals surface area contributed by atoms with E-state index in [0.717, 1.165) is 11.1 Å². The first-order valence-electron chi connectivity index (χ1n) is 8.03. The Balaban J connectivity index is 1.78. The number of hydrogen-bond donors (Lipinski definition) is 2. The summed E-state index contributed by atoms with van der Waals surface area (Å²) < 4.78 is 18.4. The summed E-state index contributed by atoms with van der Waals surface area (Å²) in [6.07, 6.45) is 0.687. The smallest absolute Gasteiger partial charge is 0.123 e. The number of aliphatic hydroxyl groups is 1. The Morgan fingerprint density at radius 3 is 2.46 bits per heavy atom. The number of ether oxygens (including phenoxy) is 1. The van der Waals surface area contributed by atoms with Crippen LogP contribution < -0.4 is 5.32 Å². The highest BCUT2D eigenvalue weighted by Crippen LogP contribution is 2.30. The molecule has 0 saturated carbocycles. The van der Waals surface area contributed by atoms with Crippen molar-refractivity contribution in [3.63, 3.8) is 0 Å². The summed E-state index contributed by atoms with van der Waals surface area (Å²) in [6, 6.07) is 14.2. The number of aliphatic hydroxyl groups excluding tert-OH is 1. The van der Waals surface area contributed by atoms with Crippen LogP contribution in [0.5, 0.6) is 0 Å². The lowest BCUT2D eigenvalue weighted by Gasteiger charge is -2.41. The summed E-state index contributed by atoms with van der Waals surface area (Å²) >= 11 is 6.37. The van der Waals surface area contributed by atoms with Crippen molar-refractivity contribution in [1.82, 2.24) is 5.32 Å². The fourth-order valence-electron chi connectivity index (χ4n) is 2.89. The van der Waals surface area contributed by atoms with Crippen molar-refractivity contribution in [3.05, 3.63) is 70.5 Å². The van der Waals surface area contributed by atoms with Crippen molar-refractivity contribution in [2.75, 3.05) is 26.4 Å². The van der Waals surface area contributed by atoms with Gasteiger partial charge >= 0.3 is 0 Å². The molecule has 2 aromatic rings. The fraction of sp³-hybridized carbons (Fsp3) is 0.368. The molecule has 0 aromatic heterocycles. The molecule has 1 fully saturated rings. The van der Waals surface area contributed by atoms with Crippen molar-refractivity contribution in [1.29, 1.82) is 0 Å². The molecule has 3 rings (SSSR count). The third kappa shape index (κ3) is 3.95. The first-order chi connectivity index (χ1) is 11.6. The van der Waals surface area contributed by atoms with Gasteiger partial charge in [0.05, 0.1) is 25.2 Å². The summed E-state index contributed by atoms with van der Waals surface area (Å²) in [5, 5.41) is 13.8. The van der Waals surface area contributed by atoms with E-state index in [-0.39, 0.29) is 23.9 Å². The molecule has 0 amide bonds. The predicted octanol–water partition coefficient (Wildman–Crippen LogP) is 3.36. The molecule has 1 atom stereocenters. The SMILES string of the molecule is OCC1(CNC(Cc2ccc(F)cc2)c2ccccc2Cl)COC1. The zero-order chi connectivity index (χ0) is 17.0. The van der Waals surface area contributed by atoms with E-state index in [2.05, 4.69) is 5.32 Å². The van der Waals surface area contributed by atoms with Gasteiger partial charge in [-0.1, -0.05) is 41.9 Å². The molecule has 2 aromatic carbocycles.